The lowest BCUT2D eigenvalue weighted by Gasteiger charge is -2.31. The number of carbonyl (C=O) groups excluding carboxylic acids is 2. The van der Waals surface area contributed by atoms with Crippen LogP contribution in [0, 0.1) is 12.8 Å². The molecule has 2 aromatic carbocycles. The van der Waals surface area contributed by atoms with Gasteiger partial charge in [0.15, 0.2) is 6.61 Å². The Morgan fingerprint density at radius 3 is 2.52 bits per heavy atom. The highest BCUT2D eigenvalue weighted by Gasteiger charge is 2.27. The third kappa shape index (κ3) is 5.23. The molecule has 0 bridgehead atoms. The number of ether oxygens (including phenoxy) is 1. The molecule has 2 aromatic rings. The minimum absolute atomic E-state index is 0.0106. The fraction of sp³-hybridized carbons (Fsp3) is 0.333. The number of amides is 2. The zero-order chi connectivity index (χ0) is 19.2. The molecular weight excluding hydrogens is 364 g/mol. The first-order chi connectivity index (χ1) is 13.0. The van der Waals surface area contributed by atoms with Crippen LogP contribution in [0.2, 0.25) is 5.02 Å². The van der Waals surface area contributed by atoms with Crippen molar-refractivity contribution in [1.82, 2.24) is 4.90 Å². The van der Waals surface area contributed by atoms with Crippen LogP contribution < -0.4 is 10.1 Å². The Bertz CT molecular complexity index is 802. The average Bonchev–Trinajstić information content (AvgIpc) is 2.68. The lowest BCUT2D eigenvalue weighted by molar-refractivity contribution is -0.136. The predicted molar refractivity (Wildman–Crippen MR) is 106 cm³/mol. The number of halogens is 1. The van der Waals surface area contributed by atoms with Crippen molar-refractivity contribution in [2.45, 2.75) is 19.8 Å². The molecule has 27 heavy (non-hydrogen) atoms. The summed E-state index contributed by atoms with van der Waals surface area (Å²) in [6.45, 7) is 3.01. The molecule has 1 aliphatic heterocycles. The molecule has 0 spiro atoms. The number of nitrogens with one attached hydrogen (secondary N) is 1. The van der Waals surface area contributed by atoms with Crippen molar-refractivity contribution >= 4 is 29.1 Å². The van der Waals surface area contributed by atoms with Crippen LogP contribution >= 0.6 is 11.6 Å². The van der Waals surface area contributed by atoms with Gasteiger partial charge >= 0.3 is 0 Å². The minimum Gasteiger partial charge on any atom is -0.483 e. The fourth-order valence-corrected chi connectivity index (χ4v) is 3.39. The van der Waals surface area contributed by atoms with E-state index in [2.05, 4.69) is 5.32 Å². The van der Waals surface area contributed by atoms with E-state index in [4.69, 9.17) is 16.3 Å². The van der Waals surface area contributed by atoms with E-state index in [1.165, 1.54) is 0 Å². The van der Waals surface area contributed by atoms with Crippen molar-refractivity contribution in [3.05, 3.63) is 59.1 Å². The van der Waals surface area contributed by atoms with Crippen LogP contribution in [0.3, 0.4) is 0 Å². The van der Waals surface area contributed by atoms with Crippen molar-refractivity contribution in [3.8, 4) is 5.75 Å². The van der Waals surface area contributed by atoms with E-state index in [-0.39, 0.29) is 24.3 Å². The Labute approximate surface area is 164 Å². The maximum Gasteiger partial charge on any atom is 0.260 e. The Balaban J connectivity index is 1.45. The molecular formula is C21H23ClN2O3. The summed E-state index contributed by atoms with van der Waals surface area (Å²) in [5, 5.41) is 3.58. The zero-order valence-corrected chi connectivity index (χ0v) is 16.0. The molecule has 6 heteroatoms. The molecule has 1 fully saturated rings. The van der Waals surface area contributed by atoms with E-state index in [0.29, 0.717) is 36.7 Å². The smallest absolute Gasteiger partial charge is 0.260 e. The molecule has 0 atom stereocenters. The van der Waals surface area contributed by atoms with Gasteiger partial charge in [0.2, 0.25) is 5.91 Å². The number of para-hydroxylation sites is 1. The quantitative estimate of drug-likeness (QED) is 0.847. The summed E-state index contributed by atoms with van der Waals surface area (Å²) in [5.74, 6) is 0.533. The maximum absolute atomic E-state index is 12.4. The largest absolute Gasteiger partial charge is 0.483 e. The number of piperidine rings is 1. The van der Waals surface area contributed by atoms with Crippen LogP contribution in [-0.2, 0) is 9.59 Å². The topological polar surface area (TPSA) is 58.6 Å². The average molecular weight is 387 g/mol. The van der Waals surface area contributed by atoms with E-state index < -0.39 is 0 Å². The normalized spacial score (nSPS) is 14.7. The van der Waals surface area contributed by atoms with E-state index in [9.17, 15) is 9.59 Å². The maximum atomic E-state index is 12.4. The van der Waals surface area contributed by atoms with Gasteiger partial charge in [-0.1, -0.05) is 29.8 Å². The number of likely N-dealkylation sites (tertiary alicyclic amines) is 1. The van der Waals surface area contributed by atoms with Crippen LogP contribution in [0.25, 0.3) is 0 Å². The zero-order valence-electron chi connectivity index (χ0n) is 15.3. The molecule has 5 nitrogen and oxygen atoms in total. The molecule has 0 aromatic heterocycles. The monoisotopic (exact) mass is 386 g/mol. The second-order valence-electron chi connectivity index (χ2n) is 6.71. The van der Waals surface area contributed by atoms with Crippen molar-refractivity contribution in [1.29, 1.82) is 0 Å². The molecule has 1 saturated heterocycles. The number of hydrogen-bond acceptors (Lipinski definition) is 3. The molecule has 2 amide bonds. The number of nitrogens with zero attached hydrogens (tertiary/aromatic N) is 1. The van der Waals surface area contributed by atoms with Gasteiger partial charge in [-0.2, -0.15) is 0 Å². The summed E-state index contributed by atoms with van der Waals surface area (Å²) in [4.78, 5) is 26.5. The summed E-state index contributed by atoms with van der Waals surface area (Å²) >= 11 is 5.93. The second-order valence-corrected chi connectivity index (χ2v) is 7.15. The highest BCUT2D eigenvalue weighted by Crippen LogP contribution is 2.23. The lowest BCUT2D eigenvalue weighted by Crippen LogP contribution is -2.43. The molecule has 0 saturated carbocycles. The Morgan fingerprint density at radius 2 is 1.85 bits per heavy atom. The van der Waals surface area contributed by atoms with Crippen LogP contribution in [0.15, 0.2) is 48.5 Å². The van der Waals surface area contributed by atoms with Gasteiger partial charge in [0.05, 0.1) is 0 Å². The third-order valence-corrected chi connectivity index (χ3v) is 4.98. The van der Waals surface area contributed by atoms with Gasteiger partial charge in [-0.25, -0.2) is 0 Å². The van der Waals surface area contributed by atoms with Gasteiger partial charge in [-0.15, -0.1) is 0 Å². The van der Waals surface area contributed by atoms with Crippen molar-refractivity contribution in [2.24, 2.45) is 5.92 Å². The Hall–Kier alpha value is -2.53. The summed E-state index contributed by atoms with van der Waals surface area (Å²) in [7, 11) is 0. The second kappa shape index (κ2) is 8.91. The number of aryl methyl sites for hydroxylation is 1. The van der Waals surface area contributed by atoms with Crippen LogP contribution in [-0.4, -0.2) is 36.4 Å². The SMILES string of the molecule is Cc1cc(Cl)ccc1OCC(=O)N1CCC(C(=O)Nc2ccccc2)CC1. The van der Waals surface area contributed by atoms with Gasteiger partial charge in [-0.3, -0.25) is 9.59 Å². The number of carbonyl (C=O) groups is 2. The number of hydrogen-bond donors (Lipinski definition) is 1. The first kappa shape index (κ1) is 19.2. The lowest BCUT2D eigenvalue weighted by atomic mass is 9.95. The predicted octanol–water partition coefficient (Wildman–Crippen LogP) is 3.90. The molecule has 0 aliphatic carbocycles. The molecule has 1 heterocycles. The summed E-state index contributed by atoms with van der Waals surface area (Å²) in [5.41, 5.74) is 1.69. The number of anilines is 1. The fourth-order valence-electron chi connectivity index (χ4n) is 3.16. The minimum atomic E-state index is -0.0753. The van der Waals surface area contributed by atoms with E-state index in [1.807, 2.05) is 37.3 Å². The van der Waals surface area contributed by atoms with Crippen molar-refractivity contribution in [3.63, 3.8) is 0 Å². The van der Waals surface area contributed by atoms with Crippen molar-refractivity contribution < 1.29 is 14.3 Å². The Kier molecular flexibility index (Phi) is 6.35. The van der Waals surface area contributed by atoms with Crippen LogP contribution in [0.1, 0.15) is 18.4 Å². The molecule has 1 N–H and O–H groups in total. The highest BCUT2D eigenvalue weighted by molar-refractivity contribution is 6.30. The van der Waals surface area contributed by atoms with Gasteiger partial charge in [-0.05, 0) is 55.7 Å². The standard InChI is InChI=1S/C21H23ClN2O3/c1-15-13-17(22)7-8-19(15)27-14-20(25)24-11-9-16(10-12-24)21(26)23-18-5-3-2-4-6-18/h2-8,13,16H,9-12,14H2,1H3,(H,23,26). The number of rotatable bonds is 5. The van der Waals surface area contributed by atoms with E-state index >= 15 is 0 Å². The molecule has 3 rings (SSSR count). The molecule has 0 unspecified atom stereocenters. The first-order valence-corrected chi connectivity index (χ1v) is 9.43. The van der Waals surface area contributed by atoms with E-state index in [0.717, 1.165) is 11.3 Å². The van der Waals surface area contributed by atoms with Gasteiger partial charge < -0.3 is 15.0 Å². The number of benzene rings is 2. The summed E-state index contributed by atoms with van der Waals surface area (Å²) < 4.78 is 5.63. The molecule has 0 radical (unpaired) electrons. The van der Waals surface area contributed by atoms with Gasteiger partial charge in [0.25, 0.3) is 5.91 Å². The Morgan fingerprint density at radius 1 is 1.15 bits per heavy atom. The van der Waals surface area contributed by atoms with Gasteiger partial charge in [0, 0.05) is 29.7 Å². The third-order valence-electron chi connectivity index (χ3n) is 4.75. The van der Waals surface area contributed by atoms with Crippen LogP contribution in [0.4, 0.5) is 5.69 Å². The summed E-state index contributed by atoms with van der Waals surface area (Å²) in [6.07, 6.45) is 1.31. The molecule has 142 valence electrons. The van der Waals surface area contributed by atoms with Crippen LogP contribution in [0.5, 0.6) is 5.75 Å². The summed E-state index contributed by atoms with van der Waals surface area (Å²) in [6, 6.07) is 14.7. The molecule has 1 aliphatic rings. The van der Waals surface area contributed by atoms with Gasteiger partial charge in [0.1, 0.15) is 5.75 Å². The van der Waals surface area contributed by atoms with Crippen molar-refractivity contribution in [2.75, 3.05) is 25.0 Å². The highest BCUT2D eigenvalue weighted by atomic mass is 35.5. The van der Waals surface area contributed by atoms with E-state index in [1.54, 1.807) is 23.1 Å². The first-order valence-electron chi connectivity index (χ1n) is 9.05.